The van der Waals surface area contributed by atoms with Crippen LogP contribution in [0.25, 0.3) is 0 Å². The lowest BCUT2D eigenvalue weighted by Gasteiger charge is -2.32. The Hall–Kier alpha value is -1.35. The van der Waals surface area contributed by atoms with E-state index in [0.29, 0.717) is 38.9 Å². The number of carbonyl (C=O) groups is 2. The van der Waals surface area contributed by atoms with Crippen molar-refractivity contribution in [1.29, 1.82) is 0 Å². The Morgan fingerprint density at radius 1 is 1.23 bits per heavy atom. The largest absolute Gasteiger partial charge is 0.354 e. The van der Waals surface area contributed by atoms with E-state index in [1.165, 1.54) is 0 Å². The van der Waals surface area contributed by atoms with Crippen LogP contribution in [0.2, 0.25) is 0 Å². The molecule has 9 heteroatoms. The van der Waals surface area contributed by atoms with Gasteiger partial charge in [0.2, 0.25) is 15.9 Å². The number of urea groups is 1. The molecule has 0 aromatic carbocycles. The third-order valence-corrected chi connectivity index (χ3v) is 4.76. The number of likely N-dealkylation sites (tertiary alicyclic amines) is 1. The van der Waals surface area contributed by atoms with Crippen LogP contribution < -0.4 is 15.4 Å². The van der Waals surface area contributed by atoms with Gasteiger partial charge in [0.1, 0.15) is 6.04 Å². The van der Waals surface area contributed by atoms with Crippen LogP contribution in [0.3, 0.4) is 0 Å². The number of nitrogens with zero attached hydrogens (tertiary/aromatic N) is 1. The quantitative estimate of drug-likeness (QED) is 0.640. The maximum absolute atomic E-state index is 12.2. The van der Waals surface area contributed by atoms with Crippen LogP contribution in [0, 0.1) is 0 Å². The number of hydrogen-bond acceptors (Lipinski definition) is 4. The van der Waals surface area contributed by atoms with Gasteiger partial charge in [-0.1, -0.05) is 0 Å². The fraction of sp³-hybridized carbons (Fsp3) is 0.846. The van der Waals surface area contributed by atoms with Crippen molar-refractivity contribution < 1.29 is 18.0 Å². The normalized spacial score (nSPS) is 24.5. The molecule has 0 aromatic rings. The Labute approximate surface area is 131 Å². The highest BCUT2D eigenvalue weighted by molar-refractivity contribution is 7.88. The Bertz CT molecular complexity index is 514. The molecule has 0 spiro atoms. The van der Waals surface area contributed by atoms with Crippen LogP contribution >= 0.6 is 0 Å². The third kappa shape index (κ3) is 5.13. The highest BCUT2D eigenvalue weighted by Crippen LogP contribution is 2.12. The third-order valence-electron chi connectivity index (χ3n) is 4.00. The topological polar surface area (TPSA) is 108 Å². The second-order valence-corrected chi connectivity index (χ2v) is 7.72. The molecule has 2 rings (SSSR count). The predicted octanol–water partition coefficient (Wildman–Crippen LogP) is -0.622. The fourth-order valence-electron chi connectivity index (χ4n) is 2.82. The van der Waals surface area contributed by atoms with Crippen molar-refractivity contribution in [2.75, 3.05) is 25.9 Å². The maximum Gasteiger partial charge on any atom is 0.318 e. The molecule has 2 saturated heterocycles. The molecule has 3 N–H and O–H groups in total. The highest BCUT2D eigenvalue weighted by atomic mass is 32.2. The molecule has 2 fully saturated rings. The summed E-state index contributed by atoms with van der Waals surface area (Å²) in [7, 11) is -3.22. The number of sulfonamides is 1. The van der Waals surface area contributed by atoms with Crippen LogP contribution in [-0.4, -0.2) is 63.2 Å². The van der Waals surface area contributed by atoms with E-state index in [1.54, 1.807) is 4.90 Å². The second kappa shape index (κ2) is 7.28. The summed E-state index contributed by atoms with van der Waals surface area (Å²) in [5, 5.41) is 5.56. The first-order valence-electron chi connectivity index (χ1n) is 7.65. The molecule has 0 radical (unpaired) electrons. The van der Waals surface area contributed by atoms with Crippen molar-refractivity contribution in [2.45, 2.75) is 44.2 Å². The number of piperidine rings is 1. The van der Waals surface area contributed by atoms with Crippen LogP contribution in [0.4, 0.5) is 4.79 Å². The molecule has 3 amide bonds. The van der Waals surface area contributed by atoms with E-state index >= 15 is 0 Å². The van der Waals surface area contributed by atoms with Gasteiger partial charge in [-0.15, -0.1) is 0 Å². The molecule has 0 saturated carbocycles. The molecular formula is C13H24N4O4S. The molecule has 0 unspecified atom stereocenters. The Morgan fingerprint density at radius 3 is 2.55 bits per heavy atom. The summed E-state index contributed by atoms with van der Waals surface area (Å²) in [5.74, 6) is -0.125. The molecule has 0 aliphatic carbocycles. The molecule has 2 heterocycles. The lowest BCUT2D eigenvalue weighted by Crippen LogP contribution is -2.53. The van der Waals surface area contributed by atoms with Gasteiger partial charge in [0.15, 0.2) is 0 Å². The van der Waals surface area contributed by atoms with Gasteiger partial charge in [0.05, 0.1) is 6.26 Å². The molecule has 22 heavy (non-hydrogen) atoms. The monoisotopic (exact) mass is 332 g/mol. The first-order chi connectivity index (χ1) is 10.3. The maximum atomic E-state index is 12.2. The van der Waals surface area contributed by atoms with Gasteiger partial charge < -0.3 is 15.5 Å². The average Bonchev–Trinajstić information content (AvgIpc) is 2.63. The molecular weight excluding hydrogens is 308 g/mol. The lowest BCUT2D eigenvalue weighted by molar-refractivity contribution is -0.122. The standard InChI is InChI=1S/C13H24N4O4S/c1-22(20,21)16-10-5-8-17(9-6-10)13(19)15-11-4-2-3-7-14-12(11)18/h10-11,16H,2-9H2,1H3,(H,14,18)(H,15,19)/t11-/m1/s1. The number of rotatable bonds is 3. The van der Waals surface area contributed by atoms with E-state index in [-0.39, 0.29) is 18.0 Å². The van der Waals surface area contributed by atoms with E-state index in [1.807, 2.05) is 0 Å². The molecule has 2 aliphatic rings. The Morgan fingerprint density at radius 2 is 1.91 bits per heavy atom. The van der Waals surface area contributed by atoms with Gasteiger partial charge in [-0.05, 0) is 32.1 Å². The van der Waals surface area contributed by atoms with Crippen LogP contribution in [-0.2, 0) is 14.8 Å². The van der Waals surface area contributed by atoms with E-state index in [0.717, 1.165) is 19.1 Å². The van der Waals surface area contributed by atoms with E-state index in [9.17, 15) is 18.0 Å². The minimum atomic E-state index is -3.22. The van der Waals surface area contributed by atoms with E-state index in [2.05, 4.69) is 15.4 Å². The smallest absolute Gasteiger partial charge is 0.318 e. The van der Waals surface area contributed by atoms with Crippen molar-refractivity contribution in [1.82, 2.24) is 20.3 Å². The highest BCUT2D eigenvalue weighted by Gasteiger charge is 2.28. The summed E-state index contributed by atoms with van der Waals surface area (Å²) >= 11 is 0. The summed E-state index contributed by atoms with van der Waals surface area (Å²) in [6.07, 6.45) is 4.79. The molecule has 8 nitrogen and oxygen atoms in total. The first kappa shape index (κ1) is 17.0. The summed E-state index contributed by atoms with van der Waals surface area (Å²) in [6, 6.07) is -0.845. The molecule has 1 atom stereocenters. The average molecular weight is 332 g/mol. The van der Waals surface area contributed by atoms with Crippen molar-refractivity contribution in [3.63, 3.8) is 0 Å². The van der Waals surface area contributed by atoms with Gasteiger partial charge in [0.25, 0.3) is 0 Å². The van der Waals surface area contributed by atoms with Gasteiger partial charge in [-0.25, -0.2) is 17.9 Å². The Kier molecular flexibility index (Phi) is 5.63. The SMILES string of the molecule is CS(=O)(=O)NC1CCN(C(=O)N[C@@H]2CCCCNC2=O)CC1. The van der Waals surface area contributed by atoms with Gasteiger partial charge in [0, 0.05) is 25.7 Å². The van der Waals surface area contributed by atoms with Crippen LogP contribution in [0.1, 0.15) is 32.1 Å². The first-order valence-corrected chi connectivity index (χ1v) is 9.55. The second-order valence-electron chi connectivity index (χ2n) is 5.94. The zero-order valence-corrected chi connectivity index (χ0v) is 13.6. The van der Waals surface area contributed by atoms with Crippen molar-refractivity contribution in [3.05, 3.63) is 0 Å². The van der Waals surface area contributed by atoms with E-state index < -0.39 is 16.1 Å². The molecule has 126 valence electrons. The van der Waals surface area contributed by atoms with Crippen molar-refractivity contribution >= 4 is 22.0 Å². The number of nitrogens with one attached hydrogen (secondary N) is 3. The summed E-state index contributed by atoms with van der Waals surface area (Å²) in [5.41, 5.74) is 0. The summed E-state index contributed by atoms with van der Waals surface area (Å²) in [4.78, 5) is 25.7. The number of hydrogen-bond donors (Lipinski definition) is 3. The van der Waals surface area contributed by atoms with Crippen LogP contribution in [0.5, 0.6) is 0 Å². The molecule has 0 bridgehead atoms. The number of carbonyl (C=O) groups excluding carboxylic acids is 2. The fourth-order valence-corrected chi connectivity index (χ4v) is 3.66. The van der Waals surface area contributed by atoms with Crippen molar-refractivity contribution in [3.8, 4) is 0 Å². The predicted molar refractivity (Wildman–Crippen MR) is 81.8 cm³/mol. The summed E-state index contributed by atoms with van der Waals surface area (Å²) in [6.45, 7) is 1.62. The van der Waals surface area contributed by atoms with Gasteiger partial charge in [-0.2, -0.15) is 0 Å². The minimum Gasteiger partial charge on any atom is -0.354 e. The Balaban J connectivity index is 1.80. The molecule has 2 aliphatic heterocycles. The minimum absolute atomic E-state index is 0.125. The van der Waals surface area contributed by atoms with Crippen LogP contribution in [0.15, 0.2) is 0 Å². The van der Waals surface area contributed by atoms with E-state index in [4.69, 9.17) is 0 Å². The van der Waals surface area contributed by atoms with Gasteiger partial charge >= 0.3 is 6.03 Å². The summed E-state index contributed by atoms with van der Waals surface area (Å²) < 4.78 is 25.0. The lowest BCUT2D eigenvalue weighted by atomic mass is 10.1. The van der Waals surface area contributed by atoms with Gasteiger partial charge in [-0.3, -0.25) is 4.79 Å². The number of amides is 3. The molecule has 0 aromatic heterocycles. The van der Waals surface area contributed by atoms with Crippen molar-refractivity contribution in [2.24, 2.45) is 0 Å². The zero-order valence-electron chi connectivity index (χ0n) is 12.8. The zero-order chi connectivity index (χ0) is 16.2.